The molecular formula is C23H24N8O. The molecule has 1 saturated heterocycles. The van der Waals surface area contributed by atoms with Crippen LogP contribution in [0.1, 0.15) is 16.8 Å². The summed E-state index contributed by atoms with van der Waals surface area (Å²) in [7, 11) is 0. The van der Waals surface area contributed by atoms with Crippen LogP contribution in [0.15, 0.2) is 54.0 Å². The highest BCUT2D eigenvalue weighted by Crippen LogP contribution is 2.26. The average Bonchev–Trinajstić information content (AvgIpc) is 3.24. The van der Waals surface area contributed by atoms with Gasteiger partial charge in [0.15, 0.2) is 17.0 Å². The fourth-order valence-electron chi connectivity index (χ4n) is 3.70. The molecule has 0 amide bonds. The number of hydrazone groups is 1. The Bertz CT molecular complexity index is 1280. The minimum atomic E-state index is 0.556. The summed E-state index contributed by atoms with van der Waals surface area (Å²) in [4.78, 5) is 20.7. The van der Waals surface area contributed by atoms with E-state index in [0.717, 1.165) is 30.0 Å². The molecular weight excluding hydrogens is 404 g/mol. The highest BCUT2D eigenvalue weighted by Gasteiger charge is 2.20. The first kappa shape index (κ1) is 20.1. The number of nitrogens with zero attached hydrogens (tertiary/aromatic N) is 7. The van der Waals surface area contributed by atoms with Gasteiger partial charge in [0.2, 0.25) is 5.95 Å². The standard InChI is InChI=1S/C23H24N8O/c1-16-5-3-6-18(13-16)14-26-29-21-20-22(28-23(27-21)30-9-11-32-12-10-30)31(15-25-20)19-7-4-8-24-17(19)2/h3-8,13-15H,9-12H2,1-2H3,(H,27,28,29). The number of ether oxygens (including phenoxy) is 1. The Kier molecular flexibility index (Phi) is 5.47. The molecule has 1 aliphatic rings. The number of rotatable bonds is 5. The van der Waals surface area contributed by atoms with E-state index >= 15 is 0 Å². The third-order valence-corrected chi connectivity index (χ3v) is 5.34. The van der Waals surface area contributed by atoms with E-state index in [4.69, 9.17) is 14.7 Å². The second kappa shape index (κ2) is 8.72. The highest BCUT2D eigenvalue weighted by molar-refractivity contribution is 5.87. The Morgan fingerprint density at radius 3 is 2.75 bits per heavy atom. The maximum absolute atomic E-state index is 5.49. The third-order valence-electron chi connectivity index (χ3n) is 5.34. The SMILES string of the molecule is Cc1cccc(C=NNc2nc(N3CCOCC3)nc3c2ncn3-c2cccnc2C)c1. The third kappa shape index (κ3) is 4.02. The molecule has 0 unspecified atom stereocenters. The van der Waals surface area contributed by atoms with Crippen molar-refractivity contribution < 1.29 is 4.74 Å². The molecule has 0 bridgehead atoms. The number of pyridine rings is 1. The number of morpholine rings is 1. The van der Waals surface area contributed by atoms with E-state index in [1.165, 1.54) is 5.56 Å². The Labute approximate surface area is 185 Å². The number of hydrogen-bond acceptors (Lipinski definition) is 8. The van der Waals surface area contributed by atoms with Gasteiger partial charge in [0.05, 0.1) is 30.8 Å². The van der Waals surface area contributed by atoms with E-state index < -0.39 is 0 Å². The first-order valence-corrected chi connectivity index (χ1v) is 10.5. The van der Waals surface area contributed by atoms with Crippen LogP contribution < -0.4 is 10.3 Å². The van der Waals surface area contributed by atoms with Crippen molar-refractivity contribution in [1.29, 1.82) is 0 Å². The highest BCUT2D eigenvalue weighted by atomic mass is 16.5. The van der Waals surface area contributed by atoms with Gasteiger partial charge in [-0.2, -0.15) is 15.1 Å². The lowest BCUT2D eigenvalue weighted by molar-refractivity contribution is 0.122. The predicted octanol–water partition coefficient (Wildman–Crippen LogP) is 3.11. The zero-order valence-electron chi connectivity index (χ0n) is 18.1. The van der Waals surface area contributed by atoms with Crippen molar-refractivity contribution in [2.45, 2.75) is 13.8 Å². The molecule has 1 aromatic carbocycles. The molecule has 0 spiro atoms. The summed E-state index contributed by atoms with van der Waals surface area (Å²) >= 11 is 0. The molecule has 1 aliphatic heterocycles. The number of benzene rings is 1. The molecule has 4 aromatic rings. The van der Waals surface area contributed by atoms with Crippen LogP contribution in [0.4, 0.5) is 11.8 Å². The monoisotopic (exact) mass is 428 g/mol. The van der Waals surface area contributed by atoms with Crippen molar-refractivity contribution in [2.75, 3.05) is 36.6 Å². The Morgan fingerprint density at radius 1 is 1.06 bits per heavy atom. The molecule has 0 aliphatic carbocycles. The second-order valence-corrected chi connectivity index (χ2v) is 7.65. The first-order chi connectivity index (χ1) is 15.7. The predicted molar refractivity (Wildman–Crippen MR) is 125 cm³/mol. The van der Waals surface area contributed by atoms with Gasteiger partial charge in [-0.3, -0.25) is 15.0 Å². The number of nitrogens with one attached hydrogen (secondary N) is 1. The average molecular weight is 429 g/mol. The maximum Gasteiger partial charge on any atom is 0.229 e. The second-order valence-electron chi connectivity index (χ2n) is 7.65. The fourth-order valence-corrected chi connectivity index (χ4v) is 3.70. The van der Waals surface area contributed by atoms with Crippen LogP contribution in [0.3, 0.4) is 0 Å². The molecule has 9 heteroatoms. The topological polar surface area (TPSA) is 93.4 Å². The summed E-state index contributed by atoms with van der Waals surface area (Å²) in [5.41, 5.74) is 8.44. The molecule has 5 rings (SSSR count). The molecule has 0 radical (unpaired) electrons. The van der Waals surface area contributed by atoms with Gasteiger partial charge in [-0.25, -0.2) is 4.98 Å². The zero-order valence-corrected chi connectivity index (χ0v) is 18.1. The molecule has 4 heterocycles. The smallest absolute Gasteiger partial charge is 0.229 e. The van der Waals surface area contributed by atoms with Gasteiger partial charge in [0, 0.05) is 19.3 Å². The van der Waals surface area contributed by atoms with Crippen LogP contribution in [-0.2, 0) is 4.74 Å². The van der Waals surface area contributed by atoms with Crippen molar-refractivity contribution in [2.24, 2.45) is 5.10 Å². The van der Waals surface area contributed by atoms with Crippen LogP contribution in [0, 0.1) is 13.8 Å². The molecule has 1 fully saturated rings. The summed E-state index contributed by atoms with van der Waals surface area (Å²) in [6.07, 6.45) is 5.30. The Hall–Kier alpha value is -3.85. The Morgan fingerprint density at radius 2 is 1.94 bits per heavy atom. The minimum Gasteiger partial charge on any atom is -0.378 e. The lowest BCUT2D eigenvalue weighted by Crippen LogP contribution is -2.37. The van der Waals surface area contributed by atoms with Crippen LogP contribution in [0.25, 0.3) is 16.9 Å². The van der Waals surface area contributed by atoms with E-state index in [1.54, 1.807) is 18.7 Å². The van der Waals surface area contributed by atoms with Crippen molar-refractivity contribution in [3.8, 4) is 5.69 Å². The zero-order chi connectivity index (χ0) is 21.9. The van der Waals surface area contributed by atoms with Crippen LogP contribution >= 0.6 is 0 Å². The lowest BCUT2D eigenvalue weighted by Gasteiger charge is -2.27. The lowest BCUT2D eigenvalue weighted by atomic mass is 10.2. The van der Waals surface area contributed by atoms with Crippen LogP contribution in [0.5, 0.6) is 0 Å². The summed E-state index contributed by atoms with van der Waals surface area (Å²) in [6, 6.07) is 12.0. The maximum atomic E-state index is 5.49. The van der Waals surface area contributed by atoms with Gasteiger partial charge >= 0.3 is 0 Å². The molecule has 0 atom stereocenters. The number of fused-ring (bicyclic) bond motifs is 1. The van der Waals surface area contributed by atoms with Crippen molar-refractivity contribution in [3.05, 3.63) is 65.7 Å². The van der Waals surface area contributed by atoms with E-state index in [9.17, 15) is 0 Å². The molecule has 32 heavy (non-hydrogen) atoms. The van der Waals surface area contributed by atoms with Crippen LogP contribution in [0.2, 0.25) is 0 Å². The molecule has 1 N–H and O–H groups in total. The molecule has 162 valence electrons. The number of imidazole rings is 1. The van der Waals surface area contributed by atoms with Gasteiger partial charge in [-0.05, 0) is 31.5 Å². The molecule has 0 saturated carbocycles. The number of aromatic nitrogens is 5. The van der Waals surface area contributed by atoms with Crippen LogP contribution in [-0.4, -0.2) is 57.0 Å². The van der Waals surface area contributed by atoms with E-state index in [2.05, 4.69) is 44.5 Å². The van der Waals surface area contributed by atoms with Gasteiger partial charge in [-0.15, -0.1) is 0 Å². The van der Waals surface area contributed by atoms with Crippen molar-refractivity contribution >= 4 is 29.1 Å². The molecule has 3 aromatic heterocycles. The van der Waals surface area contributed by atoms with Gasteiger partial charge < -0.3 is 9.64 Å². The number of anilines is 2. The van der Waals surface area contributed by atoms with Crippen molar-refractivity contribution in [1.82, 2.24) is 24.5 Å². The summed E-state index contributed by atoms with van der Waals surface area (Å²) in [6.45, 7) is 6.79. The number of aryl methyl sites for hydroxylation is 2. The molecule has 9 nitrogen and oxygen atoms in total. The van der Waals surface area contributed by atoms with Crippen molar-refractivity contribution in [3.63, 3.8) is 0 Å². The quantitative estimate of drug-likeness (QED) is 0.386. The largest absolute Gasteiger partial charge is 0.378 e. The van der Waals surface area contributed by atoms with E-state index in [0.29, 0.717) is 36.1 Å². The fraction of sp³-hybridized carbons (Fsp3) is 0.261. The van der Waals surface area contributed by atoms with Gasteiger partial charge in [0.1, 0.15) is 6.33 Å². The first-order valence-electron chi connectivity index (χ1n) is 10.5. The van der Waals surface area contributed by atoms with E-state index in [1.807, 2.05) is 35.8 Å². The summed E-state index contributed by atoms with van der Waals surface area (Å²) < 4.78 is 7.44. The Balaban J connectivity index is 1.57. The minimum absolute atomic E-state index is 0.556. The summed E-state index contributed by atoms with van der Waals surface area (Å²) in [5, 5.41) is 4.42. The van der Waals surface area contributed by atoms with E-state index in [-0.39, 0.29) is 0 Å². The number of hydrogen-bond donors (Lipinski definition) is 1. The normalized spacial score (nSPS) is 14.4. The van der Waals surface area contributed by atoms with Gasteiger partial charge in [0.25, 0.3) is 0 Å². The summed E-state index contributed by atoms with van der Waals surface area (Å²) in [5.74, 6) is 1.18. The van der Waals surface area contributed by atoms with Gasteiger partial charge in [-0.1, -0.05) is 29.8 Å².